The second-order valence-corrected chi connectivity index (χ2v) is 6.98. The highest BCUT2D eigenvalue weighted by Gasteiger charge is 2.29. The molecule has 1 aliphatic rings. The van der Waals surface area contributed by atoms with Crippen molar-refractivity contribution in [3.05, 3.63) is 0 Å². The number of carbonyl (C=O) groups excluding carboxylic acids is 2. The highest BCUT2D eigenvalue weighted by atomic mass is 32.2. The fraction of sp³-hybridized carbons (Fsp3) is 0.818. The maximum atomic E-state index is 11.6. The van der Waals surface area contributed by atoms with Crippen molar-refractivity contribution in [1.82, 2.24) is 4.90 Å². The Kier molecular flexibility index (Phi) is 5.74. The summed E-state index contributed by atoms with van der Waals surface area (Å²) in [6, 6.07) is 0. The molecule has 7 nitrogen and oxygen atoms in total. The zero-order chi connectivity index (χ0) is 14.5. The second kappa shape index (κ2) is 6.85. The van der Waals surface area contributed by atoms with Crippen molar-refractivity contribution >= 4 is 21.7 Å². The van der Waals surface area contributed by atoms with Crippen LogP contribution >= 0.6 is 0 Å². The molecule has 1 atom stereocenters. The molecule has 0 aliphatic carbocycles. The quantitative estimate of drug-likeness (QED) is 0.589. The molecule has 0 saturated carbocycles. The van der Waals surface area contributed by atoms with Crippen LogP contribution in [0.5, 0.6) is 0 Å². The van der Waals surface area contributed by atoms with E-state index in [1.165, 1.54) is 7.11 Å². The van der Waals surface area contributed by atoms with Gasteiger partial charge < -0.3 is 15.4 Å². The van der Waals surface area contributed by atoms with Gasteiger partial charge in [-0.25, -0.2) is 8.42 Å². The average molecular weight is 292 g/mol. The van der Waals surface area contributed by atoms with Crippen molar-refractivity contribution in [3.63, 3.8) is 0 Å². The molecule has 19 heavy (non-hydrogen) atoms. The number of carbonyl (C=O) groups is 2. The van der Waals surface area contributed by atoms with Crippen LogP contribution in [0.25, 0.3) is 0 Å². The van der Waals surface area contributed by atoms with Crippen molar-refractivity contribution in [2.24, 2.45) is 11.7 Å². The molecule has 1 rings (SSSR count). The van der Waals surface area contributed by atoms with E-state index in [1.54, 1.807) is 0 Å². The molecule has 110 valence electrons. The van der Waals surface area contributed by atoms with Crippen LogP contribution in [0.4, 0.5) is 0 Å². The minimum atomic E-state index is -3.27. The number of nitrogens with zero attached hydrogens (tertiary/aromatic N) is 1. The summed E-state index contributed by atoms with van der Waals surface area (Å²) in [6.45, 7) is 1.58. The normalized spacial score (nSPS) is 20.4. The molecule has 1 aliphatic heterocycles. The number of amides is 1. The van der Waals surface area contributed by atoms with Crippen LogP contribution in [-0.4, -0.2) is 63.4 Å². The van der Waals surface area contributed by atoms with E-state index in [0.29, 0.717) is 26.1 Å². The second-order valence-electron chi connectivity index (χ2n) is 4.68. The Hall–Kier alpha value is -1.15. The van der Waals surface area contributed by atoms with E-state index >= 15 is 0 Å². The lowest BCUT2D eigenvalue weighted by Crippen LogP contribution is -2.30. The number of hydrogen-bond donors (Lipinski definition) is 1. The van der Waals surface area contributed by atoms with Gasteiger partial charge in [0.15, 0.2) is 9.84 Å². The van der Waals surface area contributed by atoms with E-state index in [-0.39, 0.29) is 29.8 Å². The van der Waals surface area contributed by atoms with Crippen molar-refractivity contribution in [3.8, 4) is 0 Å². The molecule has 1 unspecified atom stereocenters. The summed E-state index contributed by atoms with van der Waals surface area (Å²) in [5, 5.41) is 0. The fourth-order valence-electron chi connectivity index (χ4n) is 2.02. The lowest BCUT2D eigenvalue weighted by molar-refractivity contribution is -0.144. The van der Waals surface area contributed by atoms with Crippen molar-refractivity contribution in [1.29, 1.82) is 0 Å². The van der Waals surface area contributed by atoms with Crippen molar-refractivity contribution < 1.29 is 22.7 Å². The van der Waals surface area contributed by atoms with Gasteiger partial charge in [0.2, 0.25) is 5.91 Å². The molecule has 1 amide bonds. The number of rotatable bonds is 7. The largest absolute Gasteiger partial charge is 0.469 e. The lowest BCUT2D eigenvalue weighted by Gasteiger charge is -2.15. The number of hydrogen-bond acceptors (Lipinski definition) is 6. The van der Waals surface area contributed by atoms with E-state index in [1.807, 2.05) is 4.90 Å². The van der Waals surface area contributed by atoms with Gasteiger partial charge in [-0.15, -0.1) is 0 Å². The molecule has 2 N–H and O–H groups in total. The minimum Gasteiger partial charge on any atom is -0.469 e. The fourth-order valence-corrected chi connectivity index (χ4v) is 3.27. The number of nitrogens with two attached hydrogens (primary N) is 1. The highest BCUT2D eigenvalue weighted by Crippen LogP contribution is 2.17. The van der Waals surface area contributed by atoms with Crippen molar-refractivity contribution in [2.45, 2.75) is 12.8 Å². The first kappa shape index (κ1) is 15.9. The summed E-state index contributed by atoms with van der Waals surface area (Å²) in [6.07, 6.45) is 0.543. The molecule has 1 saturated heterocycles. The number of sulfone groups is 1. The summed E-state index contributed by atoms with van der Waals surface area (Å²) >= 11 is 0. The Bertz CT molecular complexity index is 434. The summed E-state index contributed by atoms with van der Waals surface area (Å²) < 4.78 is 27.9. The SMILES string of the molecule is COC(=O)C1CCN(CCS(=O)(=O)CCC(N)=O)C1. The standard InChI is InChI=1S/C11H20N2O5S/c1-18-11(15)9-2-4-13(8-9)5-7-19(16,17)6-3-10(12)14/h9H,2-8H2,1H3,(H2,12,14). The number of esters is 1. The molecule has 0 bridgehead atoms. The van der Waals surface area contributed by atoms with Crippen LogP contribution < -0.4 is 5.73 Å². The van der Waals surface area contributed by atoms with Crippen LogP contribution in [0.3, 0.4) is 0 Å². The van der Waals surface area contributed by atoms with Gasteiger partial charge in [-0.1, -0.05) is 0 Å². The molecular formula is C11H20N2O5S. The van der Waals surface area contributed by atoms with E-state index < -0.39 is 15.7 Å². The van der Waals surface area contributed by atoms with E-state index in [0.717, 1.165) is 0 Å². The third-order valence-corrected chi connectivity index (χ3v) is 4.82. The van der Waals surface area contributed by atoms with Gasteiger partial charge in [-0.05, 0) is 13.0 Å². The topological polar surface area (TPSA) is 107 Å². The van der Waals surface area contributed by atoms with Crippen molar-refractivity contribution in [2.75, 3.05) is 38.2 Å². The monoisotopic (exact) mass is 292 g/mol. The average Bonchev–Trinajstić information content (AvgIpc) is 2.82. The molecular weight excluding hydrogens is 272 g/mol. The number of methoxy groups -OCH3 is 1. The van der Waals surface area contributed by atoms with Gasteiger partial charge in [0.25, 0.3) is 0 Å². The van der Waals surface area contributed by atoms with Crippen LogP contribution in [0.1, 0.15) is 12.8 Å². The van der Waals surface area contributed by atoms with Crippen LogP contribution in [0.2, 0.25) is 0 Å². The molecule has 1 fully saturated rings. The molecule has 0 spiro atoms. The summed E-state index contributed by atoms with van der Waals surface area (Å²) in [7, 11) is -1.92. The zero-order valence-electron chi connectivity index (χ0n) is 11.0. The first-order valence-electron chi connectivity index (χ1n) is 6.13. The molecule has 0 radical (unpaired) electrons. The van der Waals surface area contributed by atoms with Crippen LogP contribution in [-0.2, 0) is 24.2 Å². The van der Waals surface area contributed by atoms with E-state index in [9.17, 15) is 18.0 Å². The first-order valence-corrected chi connectivity index (χ1v) is 7.95. The predicted octanol–water partition coefficient (Wildman–Crippen LogP) is -1.23. The molecule has 8 heteroatoms. The third-order valence-electron chi connectivity index (χ3n) is 3.18. The van der Waals surface area contributed by atoms with Gasteiger partial charge in [-0.2, -0.15) is 0 Å². The van der Waals surface area contributed by atoms with Gasteiger partial charge >= 0.3 is 5.97 Å². The van der Waals surface area contributed by atoms with Gasteiger partial charge in [0.05, 0.1) is 24.5 Å². The van der Waals surface area contributed by atoms with E-state index in [2.05, 4.69) is 4.74 Å². The Morgan fingerprint density at radius 3 is 2.63 bits per heavy atom. The van der Waals surface area contributed by atoms with E-state index in [4.69, 9.17) is 5.73 Å². The number of primary amides is 1. The zero-order valence-corrected chi connectivity index (χ0v) is 11.8. The third kappa shape index (κ3) is 5.56. The first-order chi connectivity index (χ1) is 8.84. The molecule has 1 heterocycles. The summed E-state index contributed by atoms with van der Waals surface area (Å²) in [5.74, 6) is -1.27. The Morgan fingerprint density at radius 1 is 1.37 bits per heavy atom. The van der Waals surface area contributed by atoms with Gasteiger partial charge in [0, 0.05) is 19.5 Å². The number of likely N-dealkylation sites (tertiary alicyclic amines) is 1. The van der Waals surface area contributed by atoms with Crippen LogP contribution in [0, 0.1) is 5.92 Å². The number of ether oxygens (including phenoxy) is 1. The molecule has 0 aromatic carbocycles. The Morgan fingerprint density at radius 2 is 2.05 bits per heavy atom. The Balaban J connectivity index is 2.34. The lowest BCUT2D eigenvalue weighted by atomic mass is 10.1. The minimum absolute atomic E-state index is 0.0197. The highest BCUT2D eigenvalue weighted by molar-refractivity contribution is 7.91. The van der Waals surface area contributed by atoms with Crippen LogP contribution in [0.15, 0.2) is 0 Å². The maximum Gasteiger partial charge on any atom is 0.310 e. The predicted molar refractivity (Wildman–Crippen MR) is 69.0 cm³/mol. The smallest absolute Gasteiger partial charge is 0.310 e. The summed E-state index contributed by atoms with van der Waals surface area (Å²) in [5.41, 5.74) is 4.92. The van der Waals surface area contributed by atoms with Gasteiger partial charge in [0.1, 0.15) is 0 Å². The maximum absolute atomic E-state index is 11.6. The summed E-state index contributed by atoms with van der Waals surface area (Å²) in [4.78, 5) is 23.8. The van der Waals surface area contributed by atoms with Gasteiger partial charge in [-0.3, -0.25) is 9.59 Å². The molecule has 0 aromatic heterocycles. The Labute approximate surface area is 113 Å². The molecule has 0 aromatic rings.